The minimum atomic E-state index is -0.178. The van der Waals surface area contributed by atoms with Gasteiger partial charge in [0.05, 0.1) is 12.7 Å². The van der Waals surface area contributed by atoms with Gasteiger partial charge in [0.2, 0.25) is 0 Å². The van der Waals surface area contributed by atoms with Crippen molar-refractivity contribution in [3.63, 3.8) is 0 Å². The number of amides is 2. The number of ether oxygens (including phenoxy) is 1. The average molecular weight is 419 g/mol. The van der Waals surface area contributed by atoms with Crippen molar-refractivity contribution < 1.29 is 14.3 Å². The van der Waals surface area contributed by atoms with Crippen molar-refractivity contribution in [2.75, 3.05) is 26.7 Å². The molecule has 2 aliphatic rings. The van der Waals surface area contributed by atoms with Crippen molar-refractivity contribution in [3.8, 4) is 5.75 Å². The predicted octanol–water partition coefficient (Wildman–Crippen LogP) is 4.12. The zero-order valence-electron chi connectivity index (χ0n) is 18.6. The summed E-state index contributed by atoms with van der Waals surface area (Å²) in [5.41, 5.74) is 5.36. The van der Waals surface area contributed by atoms with E-state index in [1.807, 2.05) is 49.4 Å². The van der Waals surface area contributed by atoms with Gasteiger partial charge in [-0.25, -0.2) is 0 Å². The van der Waals surface area contributed by atoms with Gasteiger partial charge in [0.15, 0.2) is 0 Å². The Morgan fingerprint density at radius 2 is 1.58 bits per heavy atom. The number of hydrogen-bond acceptors (Lipinski definition) is 4. The Balaban J connectivity index is 1.63. The molecule has 2 heterocycles. The molecule has 31 heavy (non-hydrogen) atoms. The van der Waals surface area contributed by atoms with E-state index in [0.29, 0.717) is 24.2 Å². The number of rotatable bonds is 6. The van der Waals surface area contributed by atoms with Gasteiger partial charge in [-0.15, -0.1) is 0 Å². The van der Waals surface area contributed by atoms with Gasteiger partial charge in [-0.3, -0.25) is 14.5 Å². The first-order valence-electron chi connectivity index (χ1n) is 11.1. The maximum absolute atomic E-state index is 13.5. The number of likely N-dealkylation sites (tertiary alicyclic amines) is 1. The highest BCUT2D eigenvalue weighted by atomic mass is 16.5. The summed E-state index contributed by atoms with van der Waals surface area (Å²) in [6, 6.07) is 13.8. The topological polar surface area (TPSA) is 49.9 Å². The number of imide groups is 1. The van der Waals surface area contributed by atoms with Crippen LogP contribution in [0.4, 0.5) is 0 Å². The summed E-state index contributed by atoms with van der Waals surface area (Å²) in [7, 11) is 1.64. The molecule has 5 heteroatoms. The Morgan fingerprint density at radius 1 is 0.871 bits per heavy atom. The van der Waals surface area contributed by atoms with Gasteiger partial charge >= 0.3 is 0 Å². The zero-order chi connectivity index (χ0) is 22.0. The standard InChI is InChI=1S/C26H30N2O3/c1-18-7-10-21(17-19(18)2)23-24(27-14-5-4-6-15-27)26(30)28(25(23)29)16-13-20-8-11-22(31-3)12-9-20/h7-12,17H,4-6,13-16H2,1-3H3. The van der Waals surface area contributed by atoms with E-state index in [2.05, 4.69) is 11.8 Å². The van der Waals surface area contributed by atoms with E-state index in [-0.39, 0.29) is 11.8 Å². The smallest absolute Gasteiger partial charge is 0.277 e. The van der Waals surface area contributed by atoms with E-state index >= 15 is 0 Å². The van der Waals surface area contributed by atoms with E-state index in [1.54, 1.807) is 7.11 Å². The molecule has 0 N–H and O–H groups in total. The van der Waals surface area contributed by atoms with Gasteiger partial charge in [-0.2, -0.15) is 0 Å². The molecule has 4 rings (SSSR count). The highest BCUT2D eigenvalue weighted by Gasteiger charge is 2.41. The zero-order valence-corrected chi connectivity index (χ0v) is 18.6. The lowest BCUT2D eigenvalue weighted by Gasteiger charge is -2.29. The molecule has 2 aliphatic heterocycles. The number of nitrogens with zero attached hydrogens (tertiary/aromatic N) is 2. The van der Waals surface area contributed by atoms with Gasteiger partial charge in [-0.05, 0) is 73.9 Å². The summed E-state index contributed by atoms with van der Waals surface area (Å²) in [4.78, 5) is 30.5. The van der Waals surface area contributed by atoms with Gasteiger partial charge in [-0.1, -0.05) is 30.3 Å². The highest BCUT2D eigenvalue weighted by molar-refractivity contribution is 6.35. The molecule has 0 aromatic heterocycles. The molecule has 2 aromatic rings. The van der Waals surface area contributed by atoms with Crippen LogP contribution in [0.25, 0.3) is 5.57 Å². The van der Waals surface area contributed by atoms with Crippen LogP contribution in [-0.4, -0.2) is 48.4 Å². The first-order valence-corrected chi connectivity index (χ1v) is 11.1. The fourth-order valence-corrected chi connectivity index (χ4v) is 4.37. The van der Waals surface area contributed by atoms with Gasteiger partial charge < -0.3 is 9.64 Å². The Labute approximate surface area is 184 Å². The number of carbonyl (C=O) groups is 2. The second-order valence-electron chi connectivity index (χ2n) is 8.43. The fourth-order valence-electron chi connectivity index (χ4n) is 4.37. The van der Waals surface area contributed by atoms with Gasteiger partial charge in [0.1, 0.15) is 11.4 Å². The number of aryl methyl sites for hydroxylation is 2. The van der Waals surface area contributed by atoms with Crippen molar-refractivity contribution >= 4 is 17.4 Å². The van der Waals surface area contributed by atoms with Crippen molar-refractivity contribution in [2.45, 2.75) is 39.5 Å². The lowest BCUT2D eigenvalue weighted by atomic mass is 9.98. The molecule has 0 aliphatic carbocycles. The summed E-state index contributed by atoms with van der Waals surface area (Å²) in [5, 5.41) is 0. The first kappa shape index (κ1) is 21.2. The second kappa shape index (κ2) is 8.96. The third kappa shape index (κ3) is 4.22. The molecule has 2 aromatic carbocycles. The molecule has 0 unspecified atom stereocenters. The Morgan fingerprint density at radius 3 is 2.23 bits per heavy atom. The Kier molecular flexibility index (Phi) is 6.12. The molecule has 5 nitrogen and oxygen atoms in total. The predicted molar refractivity (Wildman–Crippen MR) is 122 cm³/mol. The average Bonchev–Trinajstić information content (AvgIpc) is 3.04. The molecule has 0 spiro atoms. The third-order valence-corrected chi connectivity index (χ3v) is 6.39. The number of methoxy groups -OCH3 is 1. The van der Waals surface area contributed by atoms with E-state index in [9.17, 15) is 9.59 Å². The Bertz CT molecular complexity index is 1020. The third-order valence-electron chi connectivity index (χ3n) is 6.39. The van der Waals surface area contributed by atoms with Crippen LogP contribution in [0.3, 0.4) is 0 Å². The van der Waals surface area contributed by atoms with Crippen LogP contribution in [0.5, 0.6) is 5.75 Å². The molecule has 2 amide bonds. The summed E-state index contributed by atoms with van der Waals surface area (Å²) >= 11 is 0. The van der Waals surface area contributed by atoms with Crippen LogP contribution < -0.4 is 4.74 Å². The van der Waals surface area contributed by atoms with Crippen LogP contribution in [0.1, 0.15) is 41.5 Å². The van der Waals surface area contributed by atoms with Crippen LogP contribution in [0.15, 0.2) is 48.2 Å². The fraction of sp³-hybridized carbons (Fsp3) is 0.385. The second-order valence-corrected chi connectivity index (χ2v) is 8.43. The molecule has 0 bridgehead atoms. The summed E-state index contributed by atoms with van der Waals surface area (Å²) in [6.07, 6.45) is 3.90. The molecular weight excluding hydrogens is 388 g/mol. The van der Waals surface area contributed by atoms with E-state index in [4.69, 9.17) is 4.74 Å². The van der Waals surface area contributed by atoms with Crippen molar-refractivity contribution in [1.29, 1.82) is 0 Å². The number of carbonyl (C=O) groups excluding carboxylic acids is 2. The highest BCUT2D eigenvalue weighted by Crippen LogP contribution is 2.34. The maximum Gasteiger partial charge on any atom is 0.277 e. The normalized spacial score (nSPS) is 17.0. The van der Waals surface area contributed by atoms with Crippen molar-refractivity contribution in [2.24, 2.45) is 0 Å². The SMILES string of the molecule is COc1ccc(CCN2C(=O)C(c3ccc(C)c(C)c3)=C(N3CCCCC3)C2=O)cc1. The molecule has 0 saturated carbocycles. The number of benzene rings is 2. The van der Waals surface area contributed by atoms with E-state index < -0.39 is 0 Å². The van der Waals surface area contributed by atoms with E-state index in [0.717, 1.165) is 48.4 Å². The molecular formula is C26H30N2O3. The summed E-state index contributed by atoms with van der Waals surface area (Å²) in [5.74, 6) is 0.458. The first-order chi connectivity index (χ1) is 15.0. The molecule has 1 fully saturated rings. The minimum Gasteiger partial charge on any atom is -0.497 e. The summed E-state index contributed by atoms with van der Waals surface area (Å²) in [6.45, 7) is 6.13. The molecule has 162 valence electrons. The van der Waals surface area contributed by atoms with Crippen LogP contribution >= 0.6 is 0 Å². The van der Waals surface area contributed by atoms with Crippen molar-refractivity contribution in [3.05, 3.63) is 70.4 Å². The van der Waals surface area contributed by atoms with Gasteiger partial charge in [0, 0.05) is 19.6 Å². The quantitative estimate of drug-likeness (QED) is 0.662. The van der Waals surface area contributed by atoms with Crippen LogP contribution in [-0.2, 0) is 16.0 Å². The van der Waals surface area contributed by atoms with Crippen LogP contribution in [0, 0.1) is 13.8 Å². The minimum absolute atomic E-state index is 0.159. The molecule has 0 radical (unpaired) electrons. The maximum atomic E-state index is 13.5. The number of piperidine rings is 1. The molecule has 1 saturated heterocycles. The lowest BCUT2D eigenvalue weighted by molar-refractivity contribution is -0.137. The molecule has 0 atom stereocenters. The lowest BCUT2D eigenvalue weighted by Crippen LogP contribution is -2.38. The summed E-state index contributed by atoms with van der Waals surface area (Å²) < 4.78 is 5.21. The largest absolute Gasteiger partial charge is 0.497 e. The Hall–Kier alpha value is -3.08. The van der Waals surface area contributed by atoms with Crippen molar-refractivity contribution in [1.82, 2.24) is 9.80 Å². The number of hydrogen-bond donors (Lipinski definition) is 0. The monoisotopic (exact) mass is 418 g/mol. The van der Waals surface area contributed by atoms with Crippen LogP contribution in [0.2, 0.25) is 0 Å². The van der Waals surface area contributed by atoms with Gasteiger partial charge in [0.25, 0.3) is 11.8 Å². The van der Waals surface area contributed by atoms with E-state index in [1.165, 1.54) is 16.9 Å².